The molecule has 0 aromatic carbocycles. The lowest BCUT2D eigenvalue weighted by Gasteiger charge is -2.15. The van der Waals surface area contributed by atoms with Gasteiger partial charge in [0.05, 0.1) is 0 Å². The number of hydrogen-bond donors (Lipinski definition) is 1. The fourth-order valence-electron chi connectivity index (χ4n) is 2.14. The third-order valence-electron chi connectivity index (χ3n) is 3.26. The zero-order chi connectivity index (χ0) is 9.60. The Balaban J connectivity index is 1.82. The molecular formula is C9H13N5. The van der Waals surface area contributed by atoms with Crippen LogP contribution < -0.4 is 10.6 Å². The van der Waals surface area contributed by atoms with Gasteiger partial charge in [-0.25, -0.2) is 9.97 Å². The van der Waals surface area contributed by atoms with Crippen molar-refractivity contribution >= 4 is 11.9 Å². The molecule has 2 N–H and O–H groups in total. The first-order valence-corrected chi connectivity index (χ1v) is 4.97. The van der Waals surface area contributed by atoms with Crippen LogP contribution in [0.25, 0.3) is 0 Å². The van der Waals surface area contributed by atoms with E-state index in [-0.39, 0.29) is 0 Å². The summed E-state index contributed by atoms with van der Waals surface area (Å²) in [7, 11) is 0. The molecule has 3 rings (SSSR count). The van der Waals surface area contributed by atoms with E-state index >= 15 is 0 Å². The molecule has 1 saturated carbocycles. The third kappa shape index (κ3) is 1.20. The molecule has 1 aliphatic carbocycles. The summed E-state index contributed by atoms with van der Waals surface area (Å²) in [4.78, 5) is 14.3. The summed E-state index contributed by atoms with van der Waals surface area (Å²) in [5.74, 6) is 1.05. The summed E-state index contributed by atoms with van der Waals surface area (Å²) in [6.07, 6.45) is 5.49. The summed E-state index contributed by atoms with van der Waals surface area (Å²) in [6, 6.07) is 0. The molecule has 5 nitrogen and oxygen atoms in total. The van der Waals surface area contributed by atoms with Crippen molar-refractivity contribution in [1.82, 2.24) is 15.0 Å². The molecule has 1 aromatic heterocycles. The number of nitrogens with two attached hydrogens (primary N) is 1. The maximum absolute atomic E-state index is 5.52. The van der Waals surface area contributed by atoms with Crippen LogP contribution in [-0.2, 0) is 0 Å². The van der Waals surface area contributed by atoms with Gasteiger partial charge in [-0.05, 0) is 24.7 Å². The van der Waals surface area contributed by atoms with E-state index in [9.17, 15) is 0 Å². The van der Waals surface area contributed by atoms with Crippen molar-refractivity contribution in [3.05, 3.63) is 6.33 Å². The zero-order valence-electron chi connectivity index (χ0n) is 7.98. The number of rotatable bonds is 1. The van der Waals surface area contributed by atoms with Crippen LogP contribution in [-0.4, -0.2) is 28.0 Å². The van der Waals surface area contributed by atoms with Crippen molar-refractivity contribution in [2.24, 2.45) is 5.41 Å². The van der Waals surface area contributed by atoms with Crippen LogP contribution >= 0.6 is 0 Å². The molecule has 2 fully saturated rings. The molecule has 0 radical (unpaired) electrons. The molecule has 1 saturated heterocycles. The van der Waals surface area contributed by atoms with Gasteiger partial charge < -0.3 is 10.6 Å². The first kappa shape index (κ1) is 7.96. The molecule has 74 valence electrons. The van der Waals surface area contributed by atoms with E-state index in [1.807, 2.05) is 0 Å². The Hall–Kier alpha value is -1.39. The molecule has 0 bridgehead atoms. The third-order valence-corrected chi connectivity index (χ3v) is 3.26. The van der Waals surface area contributed by atoms with E-state index in [0.29, 0.717) is 11.4 Å². The average molecular weight is 191 g/mol. The highest BCUT2D eigenvalue weighted by molar-refractivity contribution is 5.36. The van der Waals surface area contributed by atoms with Crippen LogP contribution in [0.4, 0.5) is 11.9 Å². The van der Waals surface area contributed by atoms with E-state index in [4.69, 9.17) is 5.73 Å². The summed E-state index contributed by atoms with van der Waals surface area (Å²) >= 11 is 0. The second-order valence-corrected chi connectivity index (χ2v) is 4.32. The Morgan fingerprint density at radius 3 is 2.79 bits per heavy atom. The Morgan fingerprint density at radius 2 is 2.14 bits per heavy atom. The minimum absolute atomic E-state index is 0.312. The van der Waals surface area contributed by atoms with Gasteiger partial charge in [0.25, 0.3) is 0 Å². The van der Waals surface area contributed by atoms with E-state index in [1.165, 1.54) is 25.6 Å². The van der Waals surface area contributed by atoms with Crippen molar-refractivity contribution in [3.63, 3.8) is 0 Å². The fraction of sp³-hybridized carbons (Fsp3) is 0.667. The normalized spacial score (nSPS) is 23.0. The molecule has 2 heterocycles. The predicted octanol–water partition coefficient (Wildman–Crippen LogP) is 0.444. The fourth-order valence-corrected chi connectivity index (χ4v) is 2.14. The second kappa shape index (κ2) is 2.56. The van der Waals surface area contributed by atoms with Crippen molar-refractivity contribution < 1.29 is 0 Å². The summed E-state index contributed by atoms with van der Waals surface area (Å²) in [6.45, 7) is 2.15. The van der Waals surface area contributed by atoms with Crippen LogP contribution in [0, 0.1) is 5.41 Å². The van der Waals surface area contributed by atoms with Gasteiger partial charge in [-0.3, -0.25) is 0 Å². The van der Waals surface area contributed by atoms with Crippen molar-refractivity contribution in [3.8, 4) is 0 Å². The summed E-state index contributed by atoms with van der Waals surface area (Å²) < 4.78 is 0. The SMILES string of the molecule is Nc1ncnc(N2CCC3(CC3)C2)n1. The molecule has 0 unspecified atom stereocenters. The molecule has 1 aliphatic heterocycles. The van der Waals surface area contributed by atoms with E-state index in [1.54, 1.807) is 0 Å². The zero-order valence-corrected chi connectivity index (χ0v) is 7.98. The summed E-state index contributed by atoms with van der Waals surface area (Å²) in [5.41, 5.74) is 6.12. The highest BCUT2D eigenvalue weighted by Gasteiger charge is 2.48. The van der Waals surface area contributed by atoms with Crippen LogP contribution in [0.5, 0.6) is 0 Å². The maximum atomic E-state index is 5.52. The van der Waals surface area contributed by atoms with E-state index in [0.717, 1.165) is 19.0 Å². The number of aromatic nitrogens is 3. The number of hydrogen-bond acceptors (Lipinski definition) is 5. The van der Waals surface area contributed by atoms with Gasteiger partial charge in [0, 0.05) is 13.1 Å². The smallest absolute Gasteiger partial charge is 0.230 e. The Kier molecular flexibility index (Phi) is 1.45. The Morgan fingerprint density at radius 1 is 1.29 bits per heavy atom. The van der Waals surface area contributed by atoms with Crippen molar-refractivity contribution in [2.75, 3.05) is 23.7 Å². The standard InChI is InChI=1S/C9H13N5/c10-7-11-6-12-8(13-7)14-4-3-9(5-14)1-2-9/h6H,1-5H2,(H2,10,11,12,13). The monoisotopic (exact) mass is 191 g/mol. The van der Waals surface area contributed by atoms with Crippen molar-refractivity contribution in [2.45, 2.75) is 19.3 Å². The lowest BCUT2D eigenvalue weighted by molar-refractivity contribution is 0.580. The minimum Gasteiger partial charge on any atom is -0.368 e. The molecule has 0 atom stereocenters. The molecule has 5 heteroatoms. The minimum atomic E-state index is 0.312. The molecule has 14 heavy (non-hydrogen) atoms. The first-order valence-electron chi connectivity index (χ1n) is 4.97. The molecule has 2 aliphatic rings. The molecule has 1 spiro atoms. The van der Waals surface area contributed by atoms with Crippen LogP contribution in [0.2, 0.25) is 0 Å². The van der Waals surface area contributed by atoms with Crippen LogP contribution in [0.1, 0.15) is 19.3 Å². The van der Waals surface area contributed by atoms with Gasteiger partial charge in [-0.2, -0.15) is 4.98 Å². The quantitative estimate of drug-likeness (QED) is 0.697. The average Bonchev–Trinajstić information content (AvgIpc) is 2.76. The largest absolute Gasteiger partial charge is 0.368 e. The van der Waals surface area contributed by atoms with E-state index < -0.39 is 0 Å². The molecule has 1 aromatic rings. The highest BCUT2D eigenvalue weighted by atomic mass is 15.3. The van der Waals surface area contributed by atoms with Crippen LogP contribution in [0.3, 0.4) is 0 Å². The lowest BCUT2D eigenvalue weighted by atomic mass is 10.1. The number of nitrogen functional groups attached to an aromatic ring is 1. The topological polar surface area (TPSA) is 67.9 Å². The molecular weight excluding hydrogens is 178 g/mol. The second-order valence-electron chi connectivity index (χ2n) is 4.32. The highest BCUT2D eigenvalue weighted by Crippen LogP contribution is 2.52. The molecule has 0 amide bonds. The maximum Gasteiger partial charge on any atom is 0.230 e. The predicted molar refractivity (Wildman–Crippen MR) is 52.7 cm³/mol. The van der Waals surface area contributed by atoms with Crippen molar-refractivity contribution in [1.29, 1.82) is 0 Å². The number of anilines is 2. The Labute approximate surface area is 82.4 Å². The lowest BCUT2D eigenvalue weighted by Crippen LogP contribution is -2.22. The first-order chi connectivity index (χ1) is 6.77. The summed E-state index contributed by atoms with van der Waals surface area (Å²) in [5, 5.41) is 0. The Bertz CT molecular complexity index is 360. The van der Waals surface area contributed by atoms with Gasteiger partial charge in [0.2, 0.25) is 11.9 Å². The van der Waals surface area contributed by atoms with Gasteiger partial charge in [0.15, 0.2) is 0 Å². The van der Waals surface area contributed by atoms with Gasteiger partial charge in [-0.1, -0.05) is 0 Å². The van der Waals surface area contributed by atoms with E-state index in [2.05, 4.69) is 19.9 Å². The number of nitrogens with zero attached hydrogens (tertiary/aromatic N) is 4. The van der Waals surface area contributed by atoms with Gasteiger partial charge in [-0.15, -0.1) is 0 Å². The van der Waals surface area contributed by atoms with Gasteiger partial charge >= 0.3 is 0 Å². The van der Waals surface area contributed by atoms with Gasteiger partial charge in [0.1, 0.15) is 6.33 Å². The van der Waals surface area contributed by atoms with Crippen LogP contribution in [0.15, 0.2) is 6.33 Å².